The predicted molar refractivity (Wildman–Crippen MR) is 72.9 cm³/mol. The van der Waals surface area contributed by atoms with E-state index >= 15 is 0 Å². The number of aromatic nitrogens is 2. The van der Waals surface area contributed by atoms with Crippen LogP contribution in [0, 0.1) is 0 Å². The monoisotopic (exact) mass is 260 g/mol. The Bertz CT molecular complexity index is 549. The molecule has 0 radical (unpaired) electrons. The molecular weight excluding hydrogens is 243 g/mol. The molecule has 0 amide bonds. The minimum atomic E-state index is -0.363. The molecule has 5 nitrogen and oxygen atoms in total. The molecule has 19 heavy (non-hydrogen) atoms. The first-order valence-corrected chi connectivity index (χ1v) is 6.18. The van der Waals surface area contributed by atoms with E-state index in [2.05, 4.69) is 10.3 Å². The Morgan fingerprint density at radius 1 is 1.37 bits per heavy atom. The van der Waals surface area contributed by atoms with E-state index in [9.17, 15) is 4.79 Å². The van der Waals surface area contributed by atoms with E-state index in [1.54, 1.807) is 24.9 Å². The Kier molecular flexibility index (Phi) is 4.18. The molecule has 0 aliphatic heterocycles. The van der Waals surface area contributed by atoms with Crippen molar-refractivity contribution in [1.29, 1.82) is 0 Å². The molecular formula is C14H17N3O2. The van der Waals surface area contributed by atoms with Gasteiger partial charge in [-0.3, -0.25) is 0 Å². The van der Waals surface area contributed by atoms with Gasteiger partial charge in [0.2, 0.25) is 0 Å². The number of rotatable bonds is 5. The van der Waals surface area contributed by atoms with Crippen molar-refractivity contribution in [2.75, 3.05) is 11.9 Å². The van der Waals surface area contributed by atoms with Gasteiger partial charge >= 0.3 is 5.97 Å². The smallest absolute Gasteiger partial charge is 0.358 e. The van der Waals surface area contributed by atoms with Crippen molar-refractivity contribution in [3.8, 4) is 0 Å². The van der Waals surface area contributed by atoms with Crippen LogP contribution in [0.5, 0.6) is 0 Å². The zero-order valence-corrected chi connectivity index (χ0v) is 11.1. The van der Waals surface area contributed by atoms with Crippen molar-refractivity contribution in [3.63, 3.8) is 0 Å². The third-order valence-electron chi connectivity index (χ3n) is 2.71. The Labute approximate surface area is 112 Å². The quantitative estimate of drug-likeness (QED) is 0.661. The van der Waals surface area contributed by atoms with Gasteiger partial charge in [-0.25, -0.2) is 9.78 Å². The molecule has 2 rings (SSSR count). The van der Waals surface area contributed by atoms with Crippen molar-refractivity contribution in [3.05, 3.63) is 47.9 Å². The lowest BCUT2D eigenvalue weighted by atomic mass is 10.2. The first kappa shape index (κ1) is 13.1. The molecule has 100 valence electrons. The van der Waals surface area contributed by atoms with Crippen LogP contribution in [0.15, 0.2) is 36.7 Å². The van der Waals surface area contributed by atoms with E-state index in [-0.39, 0.29) is 5.97 Å². The summed E-state index contributed by atoms with van der Waals surface area (Å²) in [5.74, 6) is 0.183. The summed E-state index contributed by atoms with van der Waals surface area (Å²) in [7, 11) is 1.77. The molecule has 0 saturated heterocycles. The summed E-state index contributed by atoms with van der Waals surface area (Å²) in [5, 5.41) is 3.16. The highest BCUT2D eigenvalue weighted by Gasteiger charge is 2.17. The fourth-order valence-corrected chi connectivity index (χ4v) is 1.78. The number of hydrogen-bond donors (Lipinski definition) is 1. The minimum Gasteiger partial charge on any atom is -0.461 e. The van der Waals surface area contributed by atoms with Crippen molar-refractivity contribution < 1.29 is 9.53 Å². The SMILES string of the molecule is CCOC(=O)c1c([15NH]Cc2ccccc2)ncn1C. The normalized spacial score (nSPS) is 10.2. The van der Waals surface area contributed by atoms with Crippen LogP contribution >= 0.6 is 0 Å². The lowest BCUT2D eigenvalue weighted by Gasteiger charge is -2.07. The van der Waals surface area contributed by atoms with Crippen molar-refractivity contribution in [2.24, 2.45) is 7.05 Å². The van der Waals surface area contributed by atoms with Gasteiger partial charge in [-0.05, 0) is 12.5 Å². The van der Waals surface area contributed by atoms with E-state index in [1.165, 1.54) is 0 Å². The van der Waals surface area contributed by atoms with Crippen LogP contribution < -0.4 is 5.32 Å². The van der Waals surface area contributed by atoms with Crippen LogP contribution in [0.2, 0.25) is 0 Å². The molecule has 0 saturated carbocycles. The third-order valence-corrected chi connectivity index (χ3v) is 2.71. The highest BCUT2D eigenvalue weighted by atomic mass is 16.5. The van der Waals surface area contributed by atoms with Gasteiger partial charge in [0, 0.05) is 13.6 Å². The summed E-state index contributed by atoms with van der Waals surface area (Å²) in [5.41, 5.74) is 1.57. The predicted octanol–water partition coefficient (Wildman–Crippen LogP) is 2.21. The number of imidazole rings is 1. The number of esters is 1. The largest absolute Gasteiger partial charge is 0.461 e. The lowest BCUT2D eigenvalue weighted by molar-refractivity contribution is 0.0516. The zero-order valence-electron chi connectivity index (χ0n) is 11.1. The number of ether oxygens (including phenoxy) is 1. The minimum absolute atomic E-state index is 0.349. The molecule has 5 heteroatoms. The number of anilines is 1. The molecule has 1 aromatic heterocycles. The molecule has 0 atom stereocenters. The molecule has 0 bridgehead atoms. The molecule has 0 fully saturated rings. The average molecular weight is 260 g/mol. The molecule has 0 unspecified atom stereocenters. The third kappa shape index (κ3) is 3.13. The summed E-state index contributed by atoms with van der Waals surface area (Å²) < 4.78 is 6.68. The van der Waals surface area contributed by atoms with Gasteiger partial charge in [0.05, 0.1) is 12.9 Å². The Hall–Kier alpha value is -2.30. The highest BCUT2D eigenvalue weighted by molar-refractivity contribution is 5.92. The molecule has 2 aromatic rings. The number of aryl methyl sites for hydroxylation is 1. The summed E-state index contributed by atoms with van der Waals surface area (Å²) >= 11 is 0. The maximum absolute atomic E-state index is 11.8. The number of benzene rings is 1. The van der Waals surface area contributed by atoms with Crippen LogP contribution in [0.3, 0.4) is 0 Å². The molecule has 1 heterocycles. The number of carbonyl (C=O) groups is 1. The van der Waals surface area contributed by atoms with E-state index in [4.69, 9.17) is 4.74 Å². The Balaban J connectivity index is 2.11. The molecule has 0 aliphatic rings. The summed E-state index contributed by atoms with van der Waals surface area (Å²) in [6.07, 6.45) is 1.60. The fraction of sp³-hybridized carbons (Fsp3) is 0.286. The maximum Gasteiger partial charge on any atom is 0.358 e. The fourth-order valence-electron chi connectivity index (χ4n) is 1.78. The molecule has 1 aromatic carbocycles. The zero-order chi connectivity index (χ0) is 13.7. The van der Waals surface area contributed by atoms with E-state index in [0.717, 1.165) is 5.56 Å². The Morgan fingerprint density at radius 3 is 2.79 bits per heavy atom. The van der Waals surface area contributed by atoms with Crippen molar-refractivity contribution in [1.82, 2.24) is 9.55 Å². The second-order valence-corrected chi connectivity index (χ2v) is 4.11. The van der Waals surface area contributed by atoms with Crippen LogP contribution in [0.4, 0.5) is 5.82 Å². The van der Waals surface area contributed by atoms with Gasteiger partial charge in [0.15, 0.2) is 11.5 Å². The number of hydrogen-bond acceptors (Lipinski definition) is 4. The van der Waals surface area contributed by atoms with Crippen LogP contribution in [-0.4, -0.2) is 22.1 Å². The summed E-state index contributed by atoms with van der Waals surface area (Å²) in [6.45, 7) is 2.75. The first-order valence-electron chi connectivity index (χ1n) is 6.18. The summed E-state index contributed by atoms with van der Waals surface area (Å²) in [4.78, 5) is 16.0. The standard InChI is InChI=1S/C14H17N3O2/c1-3-19-14(18)12-13(16-10-17(12)2)15-9-11-7-5-4-6-8-11/h4-8,10,15H,3,9H2,1-2H3/i15+1. The van der Waals surface area contributed by atoms with E-state index < -0.39 is 0 Å². The maximum atomic E-state index is 11.8. The average Bonchev–Trinajstić information content (AvgIpc) is 2.79. The number of nitrogens with one attached hydrogen (secondary N) is 1. The Morgan fingerprint density at radius 2 is 2.11 bits per heavy atom. The van der Waals surface area contributed by atoms with Crippen LogP contribution in [-0.2, 0) is 18.3 Å². The van der Waals surface area contributed by atoms with E-state index in [0.29, 0.717) is 24.7 Å². The van der Waals surface area contributed by atoms with Crippen LogP contribution in [0.1, 0.15) is 23.0 Å². The van der Waals surface area contributed by atoms with Gasteiger partial charge in [0.25, 0.3) is 0 Å². The van der Waals surface area contributed by atoms with Gasteiger partial charge in [-0.2, -0.15) is 0 Å². The number of carbonyl (C=O) groups excluding carboxylic acids is 1. The molecule has 0 aliphatic carbocycles. The molecule has 1 N–H and O–H groups in total. The summed E-state index contributed by atoms with van der Waals surface area (Å²) in [6, 6.07) is 9.94. The lowest BCUT2D eigenvalue weighted by Crippen LogP contribution is -2.13. The number of nitrogens with zero attached hydrogens (tertiary/aromatic N) is 2. The van der Waals surface area contributed by atoms with E-state index in [1.807, 2.05) is 30.3 Å². The molecule has 0 spiro atoms. The second kappa shape index (κ2) is 6.04. The van der Waals surface area contributed by atoms with Gasteiger partial charge in [0.1, 0.15) is 0 Å². The topological polar surface area (TPSA) is 56.1 Å². The van der Waals surface area contributed by atoms with Crippen molar-refractivity contribution >= 4 is 11.8 Å². The van der Waals surface area contributed by atoms with Gasteiger partial charge in [-0.1, -0.05) is 30.3 Å². The highest BCUT2D eigenvalue weighted by Crippen LogP contribution is 2.15. The second-order valence-electron chi connectivity index (χ2n) is 4.11. The van der Waals surface area contributed by atoms with Crippen molar-refractivity contribution in [2.45, 2.75) is 13.5 Å². The first-order chi connectivity index (χ1) is 9.22. The van der Waals surface area contributed by atoms with Crippen LogP contribution in [0.25, 0.3) is 0 Å². The van der Waals surface area contributed by atoms with Gasteiger partial charge < -0.3 is 14.6 Å². The van der Waals surface area contributed by atoms with Gasteiger partial charge in [-0.15, -0.1) is 0 Å².